The zero-order valence-corrected chi connectivity index (χ0v) is 15.6. The van der Waals surface area contributed by atoms with Crippen molar-refractivity contribution in [2.45, 2.75) is 68.8 Å². The Hall–Kier alpha value is -1.89. The first-order valence-corrected chi connectivity index (χ1v) is 9.84. The summed E-state index contributed by atoms with van der Waals surface area (Å²) in [5.74, 6) is 0.0651. The van der Waals surface area contributed by atoms with E-state index in [4.69, 9.17) is 0 Å². The van der Waals surface area contributed by atoms with Crippen LogP contribution in [0.25, 0.3) is 5.69 Å². The molecule has 1 aliphatic rings. The topological polar surface area (TPSA) is 72.7 Å². The van der Waals surface area contributed by atoms with Gasteiger partial charge in [0.1, 0.15) is 0 Å². The second-order valence-electron chi connectivity index (χ2n) is 6.67. The number of carbonyl (C=O) groups is 1. The average molecular weight is 359 g/mol. The summed E-state index contributed by atoms with van der Waals surface area (Å²) in [6, 6.07) is 8.31. The Bertz CT molecular complexity index is 692. The van der Waals surface area contributed by atoms with E-state index in [9.17, 15) is 4.79 Å². The number of benzene rings is 1. The maximum atomic E-state index is 12.5. The third-order valence-electron chi connectivity index (χ3n) is 4.57. The Labute approximate surface area is 152 Å². The molecule has 1 N–H and O–H groups in total. The normalized spacial score (nSPS) is 17.0. The molecule has 1 aromatic heterocycles. The Morgan fingerprint density at radius 3 is 2.56 bits per heavy atom. The van der Waals surface area contributed by atoms with Crippen LogP contribution in [0.1, 0.15) is 51.0 Å². The second kappa shape index (κ2) is 8.47. The van der Waals surface area contributed by atoms with Crippen molar-refractivity contribution in [2.75, 3.05) is 0 Å². The molecule has 0 bridgehead atoms. The summed E-state index contributed by atoms with van der Waals surface area (Å²) >= 11 is 1.39. The lowest BCUT2D eigenvalue weighted by Gasteiger charge is -2.19. The van der Waals surface area contributed by atoms with Crippen LogP contribution < -0.4 is 5.32 Å². The molecule has 7 heteroatoms. The maximum absolute atomic E-state index is 12.5. The summed E-state index contributed by atoms with van der Waals surface area (Å²) in [5.41, 5.74) is 2.08. The van der Waals surface area contributed by atoms with Gasteiger partial charge in [-0.2, -0.15) is 4.68 Å². The van der Waals surface area contributed by atoms with Crippen molar-refractivity contribution in [2.24, 2.45) is 0 Å². The molecule has 1 amide bonds. The zero-order chi connectivity index (χ0) is 17.6. The summed E-state index contributed by atoms with van der Waals surface area (Å²) in [6.45, 7) is 3.95. The van der Waals surface area contributed by atoms with E-state index in [1.165, 1.54) is 43.0 Å². The number of rotatable bonds is 5. The fourth-order valence-electron chi connectivity index (χ4n) is 3.05. The van der Waals surface area contributed by atoms with Gasteiger partial charge in [0.25, 0.3) is 0 Å². The lowest BCUT2D eigenvalue weighted by molar-refractivity contribution is -0.121. The molecule has 3 rings (SSSR count). The minimum Gasteiger partial charge on any atom is -0.352 e. The molecule has 1 aliphatic carbocycles. The highest BCUT2D eigenvalue weighted by Crippen LogP contribution is 2.24. The van der Waals surface area contributed by atoms with Gasteiger partial charge in [-0.25, -0.2) is 0 Å². The molecule has 1 saturated carbocycles. The van der Waals surface area contributed by atoms with Crippen molar-refractivity contribution in [1.29, 1.82) is 0 Å². The number of carbonyl (C=O) groups excluding carboxylic acids is 1. The van der Waals surface area contributed by atoms with Crippen LogP contribution in [0.3, 0.4) is 0 Å². The van der Waals surface area contributed by atoms with Gasteiger partial charge in [-0.05, 0) is 49.2 Å². The molecule has 2 aromatic rings. The quantitative estimate of drug-likeness (QED) is 0.655. The monoisotopic (exact) mass is 359 g/mol. The number of aromatic nitrogens is 4. The van der Waals surface area contributed by atoms with Crippen molar-refractivity contribution in [1.82, 2.24) is 25.5 Å². The Morgan fingerprint density at radius 2 is 1.88 bits per heavy atom. The van der Waals surface area contributed by atoms with Crippen LogP contribution in [-0.2, 0) is 4.79 Å². The van der Waals surface area contributed by atoms with Crippen molar-refractivity contribution in [3.05, 3.63) is 29.8 Å². The van der Waals surface area contributed by atoms with Crippen LogP contribution in [0.15, 0.2) is 29.4 Å². The molecule has 0 spiro atoms. The number of tetrazole rings is 1. The van der Waals surface area contributed by atoms with Crippen molar-refractivity contribution >= 4 is 17.7 Å². The predicted molar refractivity (Wildman–Crippen MR) is 98.8 cm³/mol. The van der Waals surface area contributed by atoms with Gasteiger partial charge in [-0.1, -0.05) is 55.1 Å². The molecule has 0 aliphatic heterocycles. The SMILES string of the molecule is Cc1ccc(-n2nnnc2S[C@H](C)C(=O)NC2CCCCCC2)cc1. The van der Waals surface area contributed by atoms with E-state index in [-0.39, 0.29) is 11.2 Å². The molecule has 0 radical (unpaired) electrons. The van der Waals surface area contributed by atoms with E-state index < -0.39 is 0 Å². The molecule has 1 aromatic carbocycles. The minimum absolute atomic E-state index is 0.0651. The molecular weight excluding hydrogens is 334 g/mol. The fraction of sp³-hybridized carbons (Fsp3) is 0.556. The number of hydrogen-bond donors (Lipinski definition) is 1. The fourth-order valence-corrected chi connectivity index (χ4v) is 3.87. The summed E-state index contributed by atoms with van der Waals surface area (Å²) in [7, 11) is 0. The van der Waals surface area contributed by atoms with E-state index in [1.54, 1.807) is 4.68 Å². The standard InChI is InChI=1S/C18H25N5OS/c1-13-9-11-16(12-10-13)23-18(20-21-22-23)25-14(2)17(24)19-15-7-5-3-4-6-8-15/h9-12,14-15H,3-8H2,1-2H3,(H,19,24)/t14-/m1/s1. The van der Waals surface area contributed by atoms with Gasteiger partial charge < -0.3 is 5.32 Å². The van der Waals surface area contributed by atoms with E-state index in [0.717, 1.165) is 18.5 Å². The number of nitrogens with one attached hydrogen (secondary N) is 1. The van der Waals surface area contributed by atoms with E-state index in [2.05, 4.69) is 20.8 Å². The minimum atomic E-state index is -0.238. The van der Waals surface area contributed by atoms with Crippen molar-refractivity contribution in [3.8, 4) is 5.69 Å². The van der Waals surface area contributed by atoms with Crippen LogP contribution in [0.2, 0.25) is 0 Å². The third kappa shape index (κ3) is 4.81. The molecule has 6 nitrogen and oxygen atoms in total. The van der Waals surface area contributed by atoms with Crippen molar-refractivity contribution < 1.29 is 4.79 Å². The van der Waals surface area contributed by atoms with Gasteiger partial charge in [0.05, 0.1) is 10.9 Å². The first-order chi connectivity index (χ1) is 12.1. The Morgan fingerprint density at radius 1 is 1.20 bits per heavy atom. The number of aryl methyl sites for hydroxylation is 1. The van der Waals surface area contributed by atoms with Gasteiger partial charge >= 0.3 is 0 Å². The van der Waals surface area contributed by atoms with E-state index in [1.807, 2.05) is 38.1 Å². The maximum Gasteiger partial charge on any atom is 0.233 e. The van der Waals surface area contributed by atoms with E-state index in [0.29, 0.717) is 11.2 Å². The summed E-state index contributed by atoms with van der Waals surface area (Å²) in [5, 5.41) is 15.5. The largest absolute Gasteiger partial charge is 0.352 e. The number of nitrogens with zero attached hydrogens (tertiary/aromatic N) is 4. The van der Waals surface area contributed by atoms with Gasteiger partial charge in [0.2, 0.25) is 11.1 Å². The molecule has 25 heavy (non-hydrogen) atoms. The van der Waals surface area contributed by atoms with Crippen LogP contribution in [-0.4, -0.2) is 37.4 Å². The average Bonchev–Trinajstić information content (AvgIpc) is 2.90. The molecule has 0 unspecified atom stereocenters. The first-order valence-electron chi connectivity index (χ1n) is 8.96. The van der Waals surface area contributed by atoms with Gasteiger partial charge in [0, 0.05) is 6.04 Å². The van der Waals surface area contributed by atoms with Crippen LogP contribution in [0, 0.1) is 6.92 Å². The zero-order valence-electron chi connectivity index (χ0n) is 14.8. The molecule has 1 atom stereocenters. The highest BCUT2D eigenvalue weighted by atomic mass is 32.2. The van der Waals surface area contributed by atoms with Gasteiger partial charge in [-0.15, -0.1) is 5.10 Å². The summed E-state index contributed by atoms with van der Waals surface area (Å²) < 4.78 is 1.68. The molecule has 0 saturated heterocycles. The highest BCUT2D eigenvalue weighted by molar-refractivity contribution is 8.00. The smallest absolute Gasteiger partial charge is 0.233 e. The Kier molecular flexibility index (Phi) is 6.07. The summed E-state index contributed by atoms with van der Waals surface area (Å²) in [6.07, 6.45) is 7.15. The second-order valence-corrected chi connectivity index (χ2v) is 7.97. The third-order valence-corrected chi connectivity index (χ3v) is 5.61. The number of amides is 1. The number of thioether (sulfide) groups is 1. The van der Waals surface area contributed by atoms with Crippen LogP contribution in [0.5, 0.6) is 0 Å². The summed E-state index contributed by atoms with van der Waals surface area (Å²) in [4.78, 5) is 12.5. The molecular formula is C18H25N5OS. The van der Waals surface area contributed by atoms with Gasteiger partial charge in [-0.3, -0.25) is 4.79 Å². The molecule has 1 fully saturated rings. The van der Waals surface area contributed by atoms with E-state index >= 15 is 0 Å². The van der Waals surface area contributed by atoms with Crippen LogP contribution in [0.4, 0.5) is 0 Å². The van der Waals surface area contributed by atoms with Crippen LogP contribution >= 0.6 is 11.8 Å². The number of hydrogen-bond acceptors (Lipinski definition) is 5. The predicted octanol–water partition coefficient (Wildman–Crippen LogP) is 3.29. The lowest BCUT2D eigenvalue weighted by Crippen LogP contribution is -2.39. The highest BCUT2D eigenvalue weighted by Gasteiger charge is 2.22. The lowest BCUT2D eigenvalue weighted by atomic mass is 10.1. The van der Waals surface area contributed by atoms with Crippen molar-refractivity contribution in [3.63, 3.8) is 0 Å². The molecule has 134 valence electrons. The molecule has 1 heterocycles. The van der Waals surface area contributed by atoms with Gasteiger partial charge in [0.15, 0.2) is 0 Å². The first kappa shape index (κ1) is 17.9. The Balaban J connectivity index is 1.63.